The van der Waals surface area contributed by atoms with Gasteiger partial charge in [-0.3, -0.25) is 9.59 Å². The predicted molar refractivity (Wildman–Crippen MR) is 145 cm³/mol. The molecule has 2 aliphatic rings. The Balaban J connectivity index is 1.38. The van der Waals surface area contributed by atoms with Gasteiger partial charge in [-0.25, -0.2) is 9.78 Å². The van der Waals surface area contributed by atoms with Gasteiger partial charge < -0.3 is 34.9 Å². The lowest BCUT2D eigenvalue weighted by molar-refractivity contribution is -0.119. The van der Waals surface area contributed by atoms with Crippen LogP contribution in [0.25, 0.3) is 11.5 Å². The fourth-order valence-corrected chi connectivity index (χ4v) is 4.70. The second-order valence-corrected chi connectivity index (χ2v) is 10.3. The zero-order chi connectivity index (χ0) is 30.0. The molecule has 3 aromatic rings. The van der Waals surface area contributed by atoms with Crippen molar-refractivity contribution < 1.29 is 42.2 Å². The summed E-state index contributed by atoms with van der Waals surface area (Å²) >= 11 is 0. The molecule has 5 rings (SSSR count). The van der Waals surface area contributed by atoms with Crippen LogP contribution in [-0.4, -0.2) is 58.6 Å². The third kappa shape index (κ3) is 6.51. The number of hydrogen-bond acceptors (Lipinski definition) is 8. The molecular formula is C29H30F2N4O7. The highest BCUT2D eigenvalue weighted by atomic mass is 19.3. The van der Waals surface area contributed by atoms with E-state index in [0.29, 0.717) is 43.2 Å². The summed E-state index contributed by atoms with van der Waals surface area (Å²) < 4.78 is 42.2. The molecule has 13 heteroatoms. The van der Waals surface area contributed by atoms with Crippen molar-refractivity contribution in [2.45, 2.75) is 51.3 Å². The Morgan fingerprint density at radius 3 is 2.52 bits per heavy atom. The maximum Gasteiger partial charge on any atom is 0.387 e. The van der Waals surface area contributed by atoms with Gasteiger partial charge in [0.1, 0.15) is 6.04 Å². The number of benzene rings is 2. The molecule has 1 aromatic heterocycles. The van der Waals surface area contributed by atoms with Gasteiger partial charge in [-0.1, -0.05) is 0 Å². The highest BCUT2D eigenvalue weighted by Crippen LogP contribution is 2.37. The standard InChI is InChI=1S/C29H30F2N4O7/c1-15(32)24-23(27(37)35-12-2-3-20(35)25(36)33-19-9-6-17(7-10-19)28(38)39)34-26(42-24)18-8-11-21(41-29(30)31)22(13-18)40-14-16-4-5-16/h6-11,13,15-16,20,29H,2-5,12,14,32H2,1H3,(H,33,36)(H,38,39)/t15-,20-/m0/s1. The van der Waals surface area contributed by atoms with Crippen LogP contribution in [0.2, 0.25) is 0 Å². The Hall–Kier alpha value is -4.52. The highest BCUT2D eigenvalue weighted by molar-refractivity contribution is 6.01. The lowest BCUT2D eigenvalue weighted by Crippen LogP contribution is -2.43. The van der Waals surface area contributed by atoms with Crippen LogP contribution in [-0.2, 0) is 4.79 Å². The van der Waals surface area contributed by atoms with Crippen LogP contribution in [0.1, 0.15) is 65.3 Å². The van der Waals surface area contributed by atoms with Crippen molar-refractivity contribution in [3.05, 3.63) is 59.5 Å². The van der Waals surface area contributed by atoms with E-state index in [0.717, 1.165) is 12.8 Å². The number of halogens is 2. The Morgan fingerprint density at radius 2 is 1.88 bits per heavy atom. The lowest BCUT2D eigenvalue weighted by atomic mass is 10.1. The zero-order valence-corrected chi connectivity index (χ0v) is 22.7. The van der Waals surface area contributed by atoms with Crippen LogP contribution in [0, 0.1) is 5.92 Å². The molecule has 2 heterocycles. The summed E-state index contributed by atoms with van der Waals surface area (Å²) in [5.41, 5.74) is 6.89. The first-order valence-corrected chi connectivity index (χ1v) is 13.5. The normalized spacial score (nSPS) is 17.3. The molecule has 0 radical (unpaired) electrons. The van der Waals surface area contributed by atoms with Crippen molar-refractivity contribution in [1.29, 1.82) is 0 Å². The molecule has 222 valence electrons. The number of aromatic nitrogens is 1. The molecule has 2 atom stereocenters. The van der Waals surface area contributed by atoms with Crippen LogP contribution in [0.5, 0.6) is 11.5 Å². The average molecular weight is 585 g/mol. The van der Waals surface area contributed by atoms with Crippen molar-refractivity contribution in [3.8, 4) is 23.0 Å². The molecule has 2 amide bonds. The van der Waals surface area contributed by atoms with E-state index in [2.05, 4.69) is 15.0 Å². The molecule has 42 heavy (non-hydrogen) atoms. The van der Waals surface area contributed by atoms with Gasteiger partial charge in [0.2, 0.25) is 11.8 Å². The summed E-state index contributed by atoms with van der Waals surface area (Å²) in [6, 6.07) is 8.42. The number of carboxylic acid groups (broad SMARTS) is 1. The van der Waals surface area contributed by atoms with Gasteiger partial charge in [-0.15, -0.1) is 0 Å². The van der Waals surface area contributed by atoms with Gasteiger partial charge in [0, 0.05) is 17.8 Å². The molecule has 2 aromatic carbocycles. The number of anilines is 1. The maximum absolute atomic E-state index is 13.7. The molecule has 0 spiro atoms. The van der Waals surface area contributed by atoms with E-state index >= 15 is 0 Å². The minimum Gasteiger partial charge on any atom is -0.489 e. The fraction of sp³-hybridized carbons (Fsp3) is 0.379. The first kappa shape index (κ1) is 29.0. The van der Waals surface area contributed by atoms with Gasteiger partial charge in [0.05, 0.1) is 18.2 Å². The summed E-state index contributed by atoms with van der Waals surface area (Å²) in [4.78, 5) is 43.7. The van der Waals surface area contributed by atoms with Crippen LogP contribution < -0.4 is 20.5 Å². The molecular weight excluding hydrogens is 554 g/mol. The summed E-state index contributed by atoms with van der Waals surface area (Å²) in [7, 11) is 0. The maximum atomic E-state index is 13.7. The number of nitrogens with two attached hydrogens (primary N) is 1. The quantitative estimate of drug-likeness (QED) is 0.291. The van der Waals surface area contributed by atoms with Crippen LogP contribution in [0.3, 0.4) is 0 Å². The van der Waals surface area contributed by atoms with Gasteiger partial charge in [-0.05, 0) is 81.0 Å². The number of carbonyl (C=O) groups excluding carboxylic acids is 2. The number of carboxylic acids is 1. The van der Waals surface area contributed by atoms with E-state index < -0.39 is 36.5 Å². The number of oxazole rings is 1. The summed E-state index contributed by atoms with van der Waals surface area (Å²) in [5.74, 6) is -1.59. The minimum absolute atomic E-state index is 0.0317. The van der Waals surface area contributed by atoms with E-state index in [-0.39, 0.29) is 34.4 Å². The highest BCUT2D eigenvalue weighted by Gasteiger charge is 2.38. The van der Waals surface area contributed by atoms with Gasteiger partial charge in [-0.2, -0.15) is 8.78 Å². The molecule has 1 aliphatic heterocycles. The van der Waals surface area contributed by atoms with Crippen molar-refractivity contribution >= 4 is 23.5 Å². The SMILES string of the molecule is C[C@H](N)c1oc(-c2ccc(OC(F)F)c(OCC3CC3)c2)nc1C(=O)N1CCC[C@H]1C(=O)Nc1ccc(C(=O)O)cc1. The topological polar surface area (TPSA) is 157 Å². The predicted octanol–water partition coefficient (Wildman–Crippen LogP) is 4.69. The second-order valence-electron chi connectivity index (χ2n) is 10.3. The first-order chi connectivity index (χ1) is 20.1. The average Bonchev–Trinajstić information content (AvgIpc) is 3.45. The molecule has 1 saturated heterocycles. The molecule has 4 N–H and O–H groups in total. The number of carbonyl (C=O) groups is 3. The molecule has 2 fully saturated rings. The number of rotatable bonds is 11. The van der Waals surface area contributed by atoms with Crippen molar-refractivity contribution in [3.63, 3.8) is 0 Å². The van der Waals surface area contributed by atoms with Crippen LogP contribution >= 0.6 is 0 Å². The fourth-order valence-electron chi connectivity index (χ4n) is 4.70. The Kier molecular flexibility index (Phi) is 8.39. The first-order valence-electron chi connectivity index (χ1n) is 13.5. The summed E-state index contributed by atoms with van der Waals surface area (Å²) in [6.07, 6.45) is 2.99. The zero-order valence-electron chi connectivity index (χ0n) is 22.7. The summed E-state index contributed by atoms with van der Waals surface area (Å²) in [6.45, 7) is -0.760. The molecule has 1 saturated carbocycles. The van der Waals surface area contributed by atoms with Crippen molar-refractivity contribution in [1.82, 2.24) is 9.88 Å². The molecule has 11 nitrogen and oxygen atoms in total. The summed E-state index contributed by atoms with van der Waals surface area (Å²) in [5, 5.41) is 11.8. The van der Waals surface area contributed by atoms with Gasteiger partial charge in [0.15, 0.2) is 23.0 Å². The monoisotopic (exact) mass is 584 g/mol. The number of aromatic carboxylic acids is 1. The smallest absolute Gasteiger partial charge is 0.387 e. The number of likely N-dealkylation sites (tertiary alicyclic amines) is 1. The number of alkyl halides is 2. The minimum atomic E-state index is -3.04. The van der Waals surface area contributed by atoms with E-state index in [4.69, 9.17) is 20.0 Å². The van der Waals surface area contributed by atoms with Crippen LogP contribution in [0.4, 0.5) is 14.5 Å². The number of hydrogen-bond donors (Lipinski definition) is 3. The van der Waals surface area contributed by atoms with Gasteiger partial charge >= 0.3 is 12.6 Å². The second kappa shape index (κ2) is 12.1. The van der Waals surface area contributed by atoms with E-state index in [9.17, 15) is 23.2 Å². The molecule has 0 bridgehead atoms. The third-order valence-corrected chi connectivity index (χ3v) is 7.06. The van der Waals surface area contributed by atoms with Crippen molar-refractivity contribution in [2.75, 3.05) is 18.5 Å². The van der Waals surface area contributed by atoms with E-state index in [1.807, 2.05) is 0 Å². The van der Waals surface area contributed by atoms with Crippen molar-refractivity contribution in [2.24, 2.45) is 11.7 Å². The number of nitrogens with zero attached hydrogens (tertiary/aromatic N) is 2. The largest absolute Gasteiger partial charge is 0.489 e. The van der Waals surface area contributed by atoms with E-state index in [1.165, 1.54) is 47.4 Å². The number of ether oxygens (including phenoxy) is 2. The molecule has 0 unspecified atom stereocenters. The molecule has 1 aliphatic carbocycles. The van der Waals surface area contributed by atoms with Crippen LogP contribution in [0.15, 0.2) is 46.9 Å². The number of nitrogens with one attached hydrogen (secondary N) is 1. The van der Waals surface area contributed by atoms with E-state index in [1.54, 1.807) is 6.92 Å². The Labute approximate surface area is 239 Å². The Bertz CT molecular complexity index is 1470. The Morgan fingerprint density at radius 1 is 1.14 bits per heavy atom. The van der Waals surface area contributed by atoms with Gasteiger partial charge in [0.25, 0.3) is 5.91 Å². The third-order valence-electron chi connectivity index (χ3n) is 7.06. The lowest BCUT2D eigenvalue weighted by Gasteiger charge is -2.23. The number of amides is 2.